The summed E-state index contributed by atoms with van der Waals surface area (Å²) < 4.78 is 14.4. The third kappa shape index (κ3) is 2.39. The van der Waals surface area contributed by atoms with Crippen molar-refractivity contribution < 1.29 is 4.39 Å². The fourth-order valence-corrected chi connectivity index (χ4v) is 1.95. The number of hydrogen-bond donors (Lipinski definition) is 0. The molecule has 2 aromatic carbocycles. The van der Waals surface area contributed by atoms with Gasteiger partial charge in [-0.25, -0.2) is 4.39 Å². The number of hydrogen-bond acceptors (Lipinski definition) is 0. The molecule has 2 rings (SSSR count). The summed E-state index contributed by atoms with van der Waals surface area (Å²) in [6, 6.07) is 12.0. The number of rotatable bonds is 1. The highest BCUT2D eigenvalue weighted by atomic mass is 79.9. The molecule has 0 aliphatic rings. The molecule has 0 amide bonds. The second-order valence-corrected chi connectivity index (χ2v) is 4.49. The van der Waals surface area contributed by atoms with Crippen LogP contribution in [0.5, 0.6) is 0 Å². The third-order valence-corrected chi connectivity index (χ3v) is 2.79. The summed E-state index contributed by atoms with van der Waals surface area (Å²) in [5.41, 5.74) is 1.33. The summed E-state index contributed by atoms with van der Waals surface area (Å²) in [5.74, 6) is -0.266. The van der Waals surface area contributed by atoms with Crippen LogP contribution in [0, 0.1) is 5.82 Å². The van der Waals surface area contributed by atoms with E-state index < -0.39 is 0 Å². The van der Waals surface area contributed by atoms with Crippen molar-refractivity contribution in [2.45, 2.75) is 0 Å². The van der Waals surface area contributed by atoms with Crippen molar-refractivity contribution in [3.8, 4) is 11.1 Å². The first-order chi connectivity index (χ1) is 7.16. The molecule has 3 heteroatoms. The lowest BCUT2D eigenvalue weighted by Crippen LogP contribution is -1.83. The Labute approximate surface area is 101 Å². The van der Waals surface area contributed by atoms with Gasteiger partial charge < -0.3 is 0 Å². The van der Waals surface area contributed by atoms with Crippen LogP contribution in [0.4, 0.5) is 4.39 Å². The van der Waals surface area contributed by atoms with E-state index in [0.717, 1.165) is 10.0 Å². The molecule has 0 aliphatic heterocycles. The van der Waals surface area contributed by atoms with E-state index >= 15 is 0 Å². The predicted octanol–water partition coefficient (Wildman–Crippen LogP) is 4.91. The van der Waals surface area contributed by atoms with Crippen LogP contribution in [-0.4, -0.2) is 0 Å². The van der Waals surface area contributed by atoms with Crippen molar-refractivity contribution in [1.29, 1.82) is 0 Å². The third-order valence-electron chi connectivity index (χ3n) is 2.06. The maximum absolute atomic E-state index is 13.5. The summed E-state index contributed by atoms with van der Waals surface area (Å²) in [4.78, 5) is 0. The zero-order valence-corrected chi connectivity index (χ0v) is 10.0. The monoisotopic (exact) mass is 284 g/mol. The molecule has 0 bridgehead atoms. The highest BCUT2D eigenvalue weighted by Crippen LogP contribution is 2.27. The second kappa shape index (κ2) is 4.33. The van der Waals surface area contributed by atoms with Gasteiger partial charge in [0.2, 0.25) is 0 Å². The quantitative estimate of drug-likeness (QED) is 0.698. The van der Waals surface area contributed by atoms with E-state index in [1.54, 1.807) is 12.1 Å². The van der Waals surface area contributed by atoms with Crippen molar-refractivity contribution in [2.24, 2.45) is 0 Å². The molecule has 2 aromatic rings. The van der Waals surface area contributed by atoms with Gasteiger partial charge in [-0.2, -0.15) is 0 Å². The first kappa shape index (κ1) is 10.7. The molecule has 0 radical (unpaired) electrons. The molecular weight excluding hydrogens is 278 g/mol. The largest absolute Gasteiger partial charge is 0.206 e. The number of benzene rings is 2. The van der Waals surface area contributed by atoms with Gasteiger partial charge in [-0.1, -0.05) is 39.7 Å². The van der Waals surface area contributed by atoms with Gasteiger partial charge in [0.15, 0.2) is 0 Å². The van der Waals surface area contributed by atoms with Gasteiger partial charge >= 0.3 is 0 Å². The lowest BCUT2D eigenvalue weighted by Gasteiger charge is -2.04. The maximum atomic E-state index is 13.5. The fourth-order valence-electron chi connectivity index (χ4n) is 1.37. The molecule has 0 spiro atoms. The van der Waals surface area contributed by atoms with E-state index in [1.807, 2.05) is 24.3 Å². The Morgan fingerprint density at radius 2 is 1.87 bits per heavy atom. The first-order valence-electron chi connectivity index (χ1n) is 4.38. The van der Waals surface area contributed by atoms with Gasteiger partial charge in [0.25, 0.3) is 0 Å². The molecule has 0 aliphatic carbocycles. The molecule has 0 unspecified atom stereocenters. The van der Waals surface area contributed by atoms with Crippen LogP contribution in [-0.2, 0) is 0 Å². The molecule has 0 saturated carbocycles. The van der Waals surface area contributed by atoms with Gasteiger partial charge in [-0.05, 0) is 35.9 Å². The Hall–Kier alpha value is -0.860. The van der Waals surface area contributed by atoms with E-state index in [4.69, 9.17) is 11.6 Å². The van der Waals surface area contributed by atoms with Crippen LogP contribution in [0.3, 0.4) is 0 Å². The molecule has 0 fully saturated rings. The zero-order valence-electron chi connectivity index (χ0n) is 7.68. The van der Waals surface area contributed by atoms with E-state index in [0.29, 0.717) is 10.6 Å². The molecule has 76 valence electrons. The van der Waals surface area contributed by atoms with Crippen molar-refractivity contribution in [2.75, 3.05) is 0 Å². The maximum Gasteiger partial charge on any atom is 0.131 e. The molecular formula is C12H7BrClF. The average molecular weight is 286 g/mol. The van der Waals surface area contributed by atoms with Gasteiger partial charge in [0, 0.05) is 15.1 Å². The lowest BCUT2D eigenvalue weighted by atomic mass is 10.1. The van der Waals surface area contributed by atoms with Crippen LogP contribution < -0.4 is 0 Å². The molecule has 15 heavy (non-hydrogen) atoms. The first-order valence-corrected chi connectivity index (χ1v) is 5.55. The average Bonchev–Trinajstić information content (AvgIpc) is 2.22. The summed E-state index contributed by atoms with van der Waals surface area (Å²) >= 11 is 9.18. The SMILES string of the molecule is Fc1ccc(Cl)cc1-c1cccc(Br)c1. The van der Waals surface area contributed by atoms with Crippen molar-refractivity contribution in [3.05, 3.63) is 57.8 Å². The zero-order chi connectivity index (χ0) is 10.8. The number of halogens is 3. The Balaban J connectivity index is 2.58. The minimum Gasteiger partial charge on any atom is -0.206 e. The van der Waals surface area contributed by atoms with Crippen LogP contribution in [0.25, 0.3) is 11.1 Å². The molecule has 0 atom stereocenters. The van der Waals surface area contributed by atoms with E-state index in [1.165, 1.54) is 6.07 Å². The van der Waals surface area contributed by atoms with Crippen molar-refractivity contribution in [1.82, 2.24) is 0 Å². The highest BCUT2D eigenvalue weighted by molar-refractivity contribution is 9.10. The van der Waals surface area contributed by atoms with Crippen LogP contribution >= 0.6 is 27.5 Å². The summed E-state index contributed by atoms with van der Waals surface area (Å²) in [6.07, 6.45) is 0. The molecule has 0 saturated heterocycles. The summed E-state index contributed by atoms with van der Waals surface area (Å²) in [7, 11) is 0. The van der Waals surface area contributed by atoms with Gasteiger partial charge in [-0.15, -0.1) is 0 Å². The second-order valence-electron chi connectivity index (χ2n) is 3.13. The molecule has 0 nitrogen and oxygen atoms in total. The van der Waals surface area contributed by atoms with E-state index in [2.05, 4.69) is 15.9 Å². The molecule has 0 N–H and O–H groups in total. The molecule has 0 aromatic heterocycles. The van der Waals surface area contributed by atoms with E-state index in [9.17, 15) is 4.39 Å². The van der Waals surface area contributed by atoms with E-state index in [-0.39, 0.29) is 5.82 Å². The topological polar surface area (TPSA) is 0 Å². The Morgan fingerprint density at radius 3 is 2.60 bits per heavy atom. The Kier molecular flexibility index (Phi) is 3.08. The molecule has 0 heterocycles. The highest BCUT2D eigenvalue weighted by Gasteiger charge is 2.05. The standard InChI is InChI=1S/C12H7BrClF/c13-9-3-1-2-8(6-9)11-7-10(14)4-5-12(11)15/h1-7H. The fraction of sp³-hybridized carbons (Fsp3) is 0. The summed E-state index contributed by atoms with van der Waals surface area (Å²) in [5, 5.41) is 0.534. The predicted molar refractivity (Wildman–Crippen MR) is 64.5 cm³/mol. The van der Waals surface area contributed by atoms with Crippen LogP contribution in [0.1, 0.15) is 0 Å². The Bertz CT molecular complexity index is 497. The van der Waals surface area contributed by atoms with Crippen molar-refractivity contribution in [3.63, 3.8) is 0 Å². The Morgan fingerprint density at radius 1 is 1.07 bits per heavy atom. The lowest BCUT2D eigenvalue weighted by molar-refractivity contribution is 0.631. The van der Waals surface area contributed by atoms with Gasteiger partial charge in [0.1, 0.15) is 5.82 Å². The van der Waals surface area contributed by atoms with Gasteiger partial charge in [-0.3, -0.25) is 0 Å². The normalized spacial score (nSPS) is 10.3. The van der Waals surface area contributed by atoms with Gasteiger partial charge in [0.05, 0.1) is 0 Å². The van der Waals surface area contributed by atoms with Crippen LogP contribution in [0.15, 0.2) is 46.9 Å². The smallest absolute Gasteiger partial charge is 0.131 e. The van der Waals surface area contributed by atoms with Crippen molar-refractivity contribution >= 4 is 27.5 Å². The van der Waals surface area contributed by atoms with Crippen LogP contribution in [0.2, 0.25) is 5.02 Å². The minimum absolute atomic E-state index is 0.266. The summed E-state index contributed by atoms with van der Waals surface area (Å²) in [6.45, 7) is 0. The minimum atomic E-state index is -0.266.